The third kappa shape index (κ3) is 2.29. The topological polar surface area (TPSA) is 29.3 Å². The summed E-state index contributed by atoms with van der Waals surface area (Å²) in [6.07, 6.45) is 7.00. The lowest BCUT2D eigenvalue weighted by atomic mass is 9.70. The quantitative estimate of drug-likeness (QED) is 0.746. The van der Waals surface area contributed by atoms with E-state index in [1.54, 1.807) is 0 Å². The minimum Gasteiger partial charge on any atom is -0.330 e. The second-order valence-corrected chi connectivity index (χ2v) is 5.62. The lowest BCUT2D eigenvalue weighted by Gasteiger charge is -2.44. The molecule has 14 heavy (non-hydrogen) atoms. The fourth-order valence-electron chi connectivity index (χ4n) is 2.86. The molecule has 2 fully saturated rings. The smallest absolute Gasteiger partial charge is 0.00353 e. The Hall–Kier alpha value is -0.0800. The summed E-state index contributed by atoms with van der Waals surface area (Å²) in [6, 6.07) is 0. The molecule has 2 rings (SSSR count). The Kier molecular flexibility index (Phi) is 3.13. The lowest BCUT2D eigenvalue weighted by Crippen LogP contribution is -2.44. The van der Waals surface area contributed by atoms with Crippen molar-refractivity contribution in [1.82, 2.24) is 4.90 Å². The molecule has 1 aliphatic heterocycles. The summed E-state index contributed by atoms with van der Waals surface area (Å²) in [5.74, 6) is 0.806. The zero-order chi connectivity index (χ0) is 10.0. The van der Waals surface area contributed by atoms with Crippen LogP contribution in [0.5, 0.6) is 0 Å². The van der Waals surface area contributed by atoms with Crippen molar-refractivity contribution in [3.8, 4) is 0 Å². The van der Waals surface area contributed by atoms with E-state index in [9.17, 15) is 0 Å². The Morgan fingerprint density at radius 2 is 1.93 bits per heavy atom. The van der Waals surface area contributed by atoms with Crippen molar-refractivity contribution in [2.24, 2.45) is 17.1 Å². The molecule has 82 valence electrons. The summed E-state index contributed by atoms with van der Waals surface area (Å²) in [4.78, 5) is 2.66. The molecule has 1 heterocycles. The maximum absolute atomic E-state index is 5.69. The van der Waals surface area contributed by atoms with Crippen LogP contribution in [0.15, 0.2) is 0 Å². The first-order valence-electron chi connectivity index (χ1n) is 6.14. The van der Waals surface area contributed by atoms with Crippen molar-refractivity contribution >= 4 is 0 Å². The second-order valence-electron chi connectivity index (χ2n) is 5.62. The van der Waals surface area contributed by atoms with E-state index in [4.69, 9.17) is 5.73 Å². The molecule has 0 aromatic rings. The van der Waals surface area contributed by atoms with Crippen molar-refractivity contribution < 1.29 is 0 Å². The van der Waals surface area contributed by atoms with E-state index in [1.165, 1.54) is 51.7 Å². The Balaban J connectivity index is 1.73. The Labute approximate surface area is 87.8 Å². The molecule has 1 saturated heterocycles. The summed E-state index contributed by atoms with van der Waals surface area (Å²) in [5.41, 5.74) is 6.36. The number of nitrogens with two attached hydrogens (primary N) is 1. The molecule has 0 bridgehead atoms. The molecule has 1 saturated carbocycles. The Bertz CT molecular complexity index is 179. The highest BCUT2D eigenvalue weighted by Crippen LogP contribution is 2.41. The molecule has 2 nitrogen and oxygen atoms in total. The molecule has 0 atom stereocenters. The van der Waals surface area contributed by atoms with E-state index in [1.807, 2.05) is 0 Å². The summed E-state index contributed by atoms with van der Waals surface area (Å²) in [7, 11) is 0. The molecule has 2 heteroatoms. The molecule has 2 N–H and O–H groups in total. The van der Waals surface area contributed by atoms with Gasteiger partial charge < -0.3 is 10.6 Å². The molecule has 0 amide bonds. The first-order valence-corrected chi connectivity index (χ1v) is 6.14. The first kappa shape index (κ1) is 10.4. The molecular weight excluding hydrogens is 172 g/mol. The molecule has 2 aliphatic rings. The van der Waals surface area contributed by atoms with Crippen LogP contribution in [0.1, 0.15) is 39.0 Å². The monoisotopic (exact) mass is 196 g/mol. The van der Waals surface area contributed by atoms with Gasteiger partial charge in [0.1, 0.15) is 0 Å². The van der Waals surface area contributed by atoms with Gasteiger partial charge in [-0.05, 0) is 56.7 Å². The van der Waals surface area contributed by atoms with Gasteiger partial charge in [0.25, 0.3) is 0 Å². The summed E-state index contributed by atoms with van der Waals surface area (Å²) in [5, 5.41) is 0. The highest BCUT2D eigenvalue weighted by molar-refractivity contribution is 4.87. The van der Waals surface area contributed by atoms with Gasteiger partial charge >= 0.3 is 0 Å². The lowest BCUT2D eigenvalue weighted by molar-refractivity contribution is 0.0647. The average Bonchev–Trinajstić information content (AvgIpc) is 2.17. The van der Waals surface area contributed by atoms with E-state index < -0.39 is 0 Å². The van der Waals surface area contributed by atoms with Crippen LogP contribution in [0.3, 0.4) is 0 Å². The summed E-state index contributed by atoms with van der Waals surface area (Å²) in [6.45, 7) is 7.26. The van der Waals surface area contributed by atoms with E-state index >= 15 is 0 Å². The van der Waals surface area contributed by atoms with Crippen LogP contribution in [0.2, 0.25) is 0 Å². The molecule has 0 aromatic heterocycles. The summed E-state index contributed by atoms with van der Waals surface area (Å²) < 4.78 is 0. The largest absolute Gasteiger partial charge is 0.330 e. The predicted molar refractivity (Wildman–Crippen MR) is 60.2 cm³/mol. The van der Waals surface area contributed by atoms with Crippen molar-refractivity contribution in [1.29, 1.82) is 0 Å². The van der Waals surface area contributed by atoms with Gasteiger partial charge in [0.15, 0.2) is 0 Å². The van der Waals surface area contributed by atoms with Crippen molar-refractivity contribution in [3.63, 3.8) is 0 Å². The highest BCUT2D eigenvalue weighted by atomic mass is 15.1. The number of hydrogen-bond donors (Lipinski definition) is 1. The van der Waals surface area contributed by atoms with Crippen molar-refractivity contribution in [3.05, 3.63) is 0 Å². The number of rotatable bonds is 3. The third-order valence-corrected chi connectivity index (χ3v) is 4.21. The molecule has 0 spiro atoms. The molecule has 1 aliphatic carbocycles. The van der Waals surface area contributed by atoms with Crippen LogP contribution in [0.25, 0.3) is 0 Å². The standard InChI is InChI=1S/C12H24N2/c1-12(5-2-6-12)10-14-7-3-11(9-13)4-8-14/h11H,2-10,13H2,1H3. The van der Waals surface area contributed by atoms with Crippen molar-refractivity contribution in [2.45, 2.75) is 39.0 Å². The average molecular weight is 196 g/mol. The van der Waals surface area contributed by atoms with Crippen LogP contribution in [0.4, 0.5) is 0 Å². The maximum atomic E-state index is 5.69. The van der Waals surface area contributed by atoms with Gasteiger partial charge in [0, 0.05) is 6.54 Å². The van der Waals surface area contributed by atoms with E-state index in [0.29, 0.717) is 5.41 Å². The fraction of sp³-hybridized carbons (Fsp3) is 1.00. The molecule has 0 unspecified atom stereocenters. The van der Waals surface area contributed by atoms with E-state index in [-0.39, 0.29) is 0 Å². The normalized spacial score (nSPS) is 28.7. The summed E-state index contributed by atoms with van der Waals surface area (Å²) >= 11 is 0. The molecule has 0 aromatic carbocycles. The zero-order valence-electron chi connectivity index (χ0n) is 9.47. The van der Waals surface area contributed by atoms with Gasteiger partial charge in [-0.3, -0.25) is 0 Å². The first-order chi connectivity index (χ1) is 6.72. The predicted octanol–water partition coefficient (Wildman–Crippen LogP) is 1.85. The second kappa shape index (κ2) is 4.19. The minimum atomic E-state index is 0.662. The van der Waals surface area contributed by atoms with Crippen LogP contribution in [-0.2, 0) is 0 Å². The van der Waals surface area contributed by atoms with E-state index in [0.717, 1.165) is 12.5 Å². The van der Waals surface area contributed by atoms with Crippen LogP contribution >= 0.6 is 0 Å². The SMILES string of the molecule is CC1(CN2CCC(CN)CC2)CCC1. The zero-order valence-corrected chi connectivity index (χ0v) is 9.47. The van der Waals surface area contributed by atoms with Gasteiger partial charge in [0.2, 0.25) is 0 Å². The third-order valence-electron chi connectivity index (χ3n) is 4.21. The minimum absolute atomic E-state index is 0.662. The highest BCUT2D eigenvalue weighted by Gasteiger charge is 2.34. The number of likely N-dealkylation sites (tertiary alicyclic amines) is 1. The van der Waals surface area contributed by atoms with Gasteiger partial charge in [-0.2, -0.15) is 0 Å². The van der Waals surface area contributed by atoms with Gasteiger partial charge in [-0.25, -0.2) is 0 Å². The number of nitrogens with zero attached hydrogens (tertiary/aromatic N) is 1. The molecular formula is C12H24N2. The van der Waals surface area contributed by atoms with Gasteiger partial charge in [-0.15, -0.1) is 0 Å². The van der Waals surface area contributed by atoms with Crippen LogP contribution < -0.4 is 5.73 Å². The Morgan fingerprint density at radius 1 is 1.29 bits per heavy atom. The maximum Gasteiger partial charge on any atom is 0.00353 e. The number of piperidine rings is 1. The number of hydrogen-bond acceptors (Lipinski definition) is 2. The van der Waals surface area contributed by atoms with Crippen LogP contribution in [-0.4, -0.2) is 31.1 Å². The van der Waals surface area contributed by atoms with Gasteiger partial charge in [0.05, 0.1) is 0 Å². The van der Waals surface area contributed by atoms with Gasteiger partial charge in [-0.1, -0.05) is 13.3 Å². The van der Waals surface area contributed by atoms with Crippen molar-refractivity contribution in [2.75, 3.05) is 26.2 Å². The van der Waals surface area contributed by atoms with Crippen LogP contribution in [0, 0.1) is 11.3 Å². The molecule has 0 radical (unpaired) electrons. The van der Waals surface area contributed by atoms with E-state index in [2.05, 4.69) is 11.8 Å². The Morgan fingerprint density at radius 3 is 2.36 bits per heavy atom. The fourth-order valence-corrected chi connectivity index (χ4v) is 2.86.